The fourth-order valence-electron chi connectivity index (χ4n) is 4.61. The molecule has 0 saturated heterocycles. The molecule has 4 fully saturated rings. The number of thioether (sulfide) groups is 1. The number of hydrogen-bond acceptors (Lipinski definition) is 3. The molecule has 5 rings (SSSR count). The molecule has 1 heterocycles. The zero-order chi connectivity index (χ0) is 10.8. The Bertz CT molecular complexity index is 346. The summed E-state index contributed by atoms with van der Waals surface area (Å²) in [6.07, 6.45) is 8.18. The molecular weight excluding hydrogens is 220 g/mol. The standard InChI is InChI=1S/C13H16O2S/c14-12-1-2-16-13(15-12)10-4-8-3-9(6-10)7-11(13)5-8/h1-2,8-11H,3-7H2. The fraction of sp³-hybridized carbons (Fsp3) is 0.769. The van der Waals surface area contributed by atoms with Crippen molar-refractivity contribution < 1.29 is 9.53 Å². The summed E-state index contributed by atoms with van der Waals surface area (Å²) in [5.74, 6) is 2.99. The van der Waals surface area contributed by atoms with Crippen molar-refractivity contribution in [2.75, 3.05) is 0 Å². The van der Waals surface area contributed by atoms with Gasteiger partial charge in [0.05, 0.1) is 0 Å². The zero-order valence-corrected chi connectivity index (χ0v) is 10.0. The van der Waals surface area contributed by atoms with Gasteiger partial charge in [-0.1, -0.05) is 11.8 Å². The lowest BCUT2D eigenvalue weighted by molar-refractivity contribution is -0.174. The number of esters is 1. The molecule has 5 aliphatic rings. The molecule has 4 bridgehead atoms. The van der Waals surface area contributed by atoms with Gasteiger partial charge in [-0.3, -0.25) is 0 Å². The average Bonchev–Trinajstić information content (AvgIpc) is 2.25. The maximum absolute atomic E-state index is 11.5. The van der Waals surface area contributed by atoms with Crippen LogP contribution in [0, 0.1) is 23.7 Å². The summed E-state index contributed by atoms with van der Waals surface area (Å²) in [4.78, 5) is 11.4. The molecule has 1 aliphatic heterocycles. The maximum atomic E-state index is 11.5. The molecule has 4 aliphatic carbocycles. The molecule has 0 unspecified atom stereocenters. The van der Waals surface area contributed by atoms with Gasteiger partial charge in [0, 0.05) is 17.9 Å². The minimum Gasteiger partial charge on any atom is -0.444 e. The quantitative estimate of drug-likeness (QED) is 0.605. The Balaban J connectivity index is 1.73. The molecule has 1 spiro atoms. The van der Waals surface area contributed by atoms with Crippen LogP contribution in [0.1, 0.15) is 32.1 Å². The molecule has 0 amide bonds. The Morgan fingerprint density at radius 3 is 2.31 bits per heavy atom. The summed E-state index contributed by atoms with van der Waals surface area (Å²) in [5, 5.41) is 1.97. The Hall–Kier alpha value is -0.440. The van der Waals surface area contributed by atoms with E-state index in [2.05, 4.69) is 0 Å². The summed E-state index contributed by atoms with van der Waals surface area (Å²) in [6, 6.07) is 0. The monoisotopic (exact) mass is 236 g/mol. The van der Waals surface area contributed by atoms with Gasteiger partial charge in [0.25, 0.3) is 0 Å². The van der Waals surface area contributed by atoms with Crippen molar-refractivity contribution in [2.45, 2.75) is 37.0 Å². The molecule has 4 saturated carbocycles. The number of ether oxygens (including phenoxy) is 1. The molecule has 0 aromatic carbocycles. The second kappa shape index (κ2) is 3.06. The van der Waals surface area contributed by atoms with Crippen molar-refractivity contribution in [3.63, 3.8) is 0 Å². The lowest BCUT2D eigenvalue weighted by Crippen LogP contribution is -2.58. The molecule has 0 aromatic heterocycles. The number of hydrogen-bond donors (Lipinski definition) is 0. The summed E-state index contributed by atoms with van der Waals surface area (Å²) in [6.45, 7) is 0. The van der Waals surface area contributed by atoms with Gasteiger partial charge in [-0.05, 0) is 49.3 Å². The van der Waals surface area contributed by atoms with Crippen molar-refractivity contribution in [3.05, 3.63) is 11.5 Å². The van der Waals surface area contributed by atoms with Gasteiger partial charge in [0.15, 0.2) is 4.93 Å². The van der Waals surface area contributed by atoms with E-state index in [1.165, 1.54) is 32.1 Å². The smallest absolute Gasteiger partial charge is 0.332 e. The minimum absolute atomic E-state index is 0.119. The first-order chi connectivity index (χ1) is 7.76. The van der Waals surface area contributed by atoms with Crippen LogP contribution in [0.5, 0.6) is 0 Å². The molecule has 16 heavy (non-hydrogen) atoms. The van der Waals surface area contributed by atoms with E-state index in [0.717, 1.165) is 11.8 Å². The van der Waals surface area contributed by atoms with Gasteiger partial charge in [-0.25, -0.2) is 4.79 Å². The van der Waals surface area contributed by atoms with E-state index in [-0.39, 0.29) is 10.9 Å². The van der Waals surface area contributed by atoms with Gasteiger partial charge in [-0.2, -0.15) is 0 Å². The van der Waals surface area contributed by atoms with E-state index in [4.69, 9.17) is 4.74 Å². The van der Waals surface area contributed by atoms with Crippen molar-refractivity contribution in [1.29, 1.82) is 0 Å². The van der Waals surface area contributed by atoms with Gasteiger partial charge < -0.3 is 4.74 Å². The highest BCUT2D eigenvalue weighted by Crippen LogP contribution is 2.63. The Kier molecular flexibility index (Phi) is 1.83. The maximum Gasteiger partial charge on any atom is 0.332 e. The number of carbonyl (C=O) groups is 1. The van der Waals surface area contributed by atoms with Crippen LogP contribution in [-0.2, 0) is 9.53 Å². The van der Waals surface area contributed by atoms with Crippen LogP contribution >= 0.6 is 11.8 Å². The normalized spacial score (nSPS) is 53.4. The number of carbonyl (C=O) groups excluding carboxylic acids is 1. The minimum atomic E-state index is -0.167. The van der Waals surface area contributed by atoms with E-state index in [9.17, 15) is 4.79 Å². The van der Waals surface area contributed by atoms with E-state index in [1.54, 1.807) is 17.8 Å². The zero-order valence-electron chi connectivity index (χ0n) is 9.22. The Labute approximate surface area is 99.8 Å². The summed E-state index contributed by atoms with van der Waals surface area (Å²) in [7, 11) is 0. The lowest BCUT2D eigenvalue weighted by Gasteiger charge is -2.59. The average molecular weight is 236 g/mol. The molecule has 86 valence electrons. The highest BCUT2D eigenvalue weighted by atomic mass is 32.2. The third-order valence-electron chi connectivity index (χ3n) is 4.99. The first-order valence-corrected chi connectivity index (χ1v) is 7.21. The van der Waals surface area contributed by atoms with E-state index < -0.39 is 0 Å². The van der Waals surface area contributed by atoms with Crippen molar-refractivity contribution >= 4 is 17.7 Å². The SMILES string of the molecule is O=C1C=CSC2(O1)C1CC3CC(C1)CC2C3. The van der Waals surface area contributed by atoms with Crippen LogP contribution in [0.25, 0.3) is 0 Å². The first-order valence-electron chi connectivity index (χ1n) is 6.33. The molecule has 0 N–H and O–H groups in total. The van der Waals surface area contributed by atoms with Crippen LogP contribution in [0.15, 0.2) is 11.5 Å². The molecule has 3 heteroatoms. The van der Waals surface area contributed by atoms with E-state index in [1.807, 2.05) is 5.41 Å². The molecule has 0 atom stereocenters. The van der Waals surface area contributed by atoms with Crippen LogP contribution in [0.4, 0.5) is 0 Å². The van der Waals surface area contributed by atoms with Crippen molar-refractivity contribution in [3.8, 4) is 0 Å². The highest BCUT2D eigenvalue weighted by Gasteiger charge is 2.60. The molecule has 0 radical (unpaired) electrons. The molecule has 2 nitrogen and oxygen atoms in total. The van der Waals surface area contributed by atoms with Crippen LogP contribution in [0.3, 0.4) is 0 Å². The van der Waals surface area contributed by atoms with Crippen molar-refractivity contribution in [2.24, 2.45) is 23.7 Å². The van der Waals surface area contributed by atoms with Crippen LogP contribution in [-0.4, -0.2) is 10.9 Å². The van der Waals surface area contributed by atoms with Crippen molar-refractivity contribution in [1.82, 2.24) is 0 Å². The van der Waals surface area contributed by atoms with Gasteiger partial charge in [0.1, 0.15) is 0 Å². The van der Waals surface area contributed by atoms with E-state index >= 15 is 0 Å². The highest BCUT2D eigenvalue weighted by molar-refractivity contribution is 8.03. The summed E-state index contributed by atoms with van der Waals surface area (Å²) >= 11 is 1.78. The van der Waals surface area contributed by atoms with Gasteiger partial charge >= 0.3 is 5.97 Å². The fourth-order valence-corrected chi connectivity index (χ4v) is 5.90. The second-order valence-electron chi connectivity index (χ2n) is 5.87. The molecule has 0 aromatic rings. The summed E-state index contributed by atoms with van der Waals surface area (Å²) in [5.41, 5.74) is 0. The topological polar surface area (TPSA) is 26.3 Å². The van der Waals surface area contributed by atoms with Gasteiger partial charge in [0.2, 0.25) is 0 Å². The first kappa shape index (κ1) is 9.58. The van der Waals surface area contributed by atoms with E-state index in [0.29, 0.717) is 11.8 Å². The predicted octanol–water partition coefficient (Wildman–Crippen LogP) is 2.94. The van der Waals surface area contributed by atoms with Crippen LogP contribution < -0.4 is 0 Å². The summed E-state index contributed by atoms with van der Waals surface area (Å²) < 4.78 is 5.79. The Morgan fingerprint density at radius 2 is 1.75 bits per heavy atom. The second-order valence-corrected chi connectivity index (χ2v) is 7.01. The largest absolute Gasteiger partial charge is 0.444 e. The molecular formula is C13H16O2S. The third-order valence-corrected chi connectivity index (χ3v) is 6.38. The van der Waals surface area contributed by atoms with Gasteiger partial charge in [-0.15, -0.1) is 0 Å². The third kappa shape index (κ3) is 1.13. The predicted molar refractivity (Wildman–Crippen MR) is 62.6 cm³/mol. The van der Waals surface area contributed by atoms with Crippen LogP contribution in [0.2, 0.25) is 0 Å². The Morgan fingerprint density at radius 1 is 1.12 bits per heavy atom. The lowest BCUT2D eigenvalue weighted by atomic mass is 9.54. The number of rotatable bonds is 0.